The van der Waals surface area contributed by atoms with Crippen LogP contribution in [0.4, 0.5) is 10.5 Å². The third kappa shape index (κ3) is 4.25. The van der Waals surface area contributed by atoms with Crippen molar-refractivity contribution in [3.8, 4) is 0 Å². The quantitative estimate of drug-likeness (QED) is 0.756. The lowest BCUT2D eigenvalue weighted by atomic mass is 10.2. The first-order valence-corrected chi connectivity index (χ1v) is 6.55. The molecule has 2 aromatic rings. The molecule has 2 rings (SSSR count). The van der Waals surface area contributed by atoms with Crippen molar-refractivity contribution in [1.82, 2.24) is 0 Å². The SMILES string of the molecule is O=C(Nc1ccc(C(=O)O)cc1S)OCc1ccccc1. The second-order valence-corrected chi connectivity index (χ2v) is 4.71. The van der Waals surface area contributed by atoms with Crippen LogP contribution in [0.15, 0.2) is 53.4 Å². The number of carboxylic acid groups (broad SMARTS) is 1. The average Bonchev–Trinajstić information content (AvgIpc) is 2.48. The van der Waals surface area contributed by atoms with Crippen molar-refractivity contribution in [1.29, 1.82) is 0 Å². The highest BCUT2D eigenvalue weighted by Gasteiger charge is 2.09. The van der Waals surface area contributed by atoms with Crippen molar-refractivity contribution < 1.29 is 19.4 Å². The van der Waals surface area contributed by atoms with Gasteiger partial charge in [0.05, 0.1) is 11.3 Å². The van der Waals surface area contributed by atoms with Crippen LogP contribution in [0.3, 0.4) is 0 Å². The second-order valence-electron chi connectivity index (χ2n) is 4.22. The molecule has 0 atom stereocenters. The first kappa shape index (κ1) is 14.9. The molecule has 0 spiro atoms. The zero-order valence-corrected chi connectivity index (χ0v) is 11.8. The standard InChI is InChI=1S/C15H13NO4S/c17-14(18)11-6-7-12(13(21)8-11)16-15(19)20-9-10-4-2-1-3-5-10/h1-8,21H,9H2,(H,16,19)(H,17,18). The number of hydrogen-bond acceptors (Lipinski definition) is 4. The van der Waals surface area contributed by atoms with Crippen molar-refractivity contribution in [2.75, 3.05) is 5.32 Å². The van der Waals surface area contributed by atoms with Crippen LogP contribution in [0.25, 0.3) is 0 Å². The van der Waals surface area contributed by atoms with Gasteiger partial charge in [-0.25, -0.2) is 9.59 Å². The van der Waals surface area contributed by atoms with E-state index in [1.54, 1.807) is 0 Å². The molecule has 1 amide bonds. The molecule has 2 aromatic carbocycles. The molecule has 0 saturated carbocycles. The first-order valence-electron chi connectivity index (χ1n) is 6.10. The number of nitrogens with one attached hydrogen (secondary N) is 1. The summed E-state index contributed by atoms with van der Waals surface area (Å²) in [7, 11) is 0. The van der Waals surface area contributed by atoms with Crippen molar-refractivity contribution in [3.05, 3.63) is 59.7 Å². The highest BCUT2D eigenvalue weighted by atomic mass is 32.1. The molecule has 0 aliphatic heterocycles. The predicted molar refractivity (Wildman–Crippen MR) is 80.9 cm³/mol. The van der Waals surface area contributed by atoms with Gasteiger partial charge in [-0.05, 0) is 23.8 Å². The Bertz CT molecular complexity index is 658. The van der Waals surface area contributed by atoms with Crippen LogP contribution in [0.1, 0.15) is 15.9 Å². The highest BCUT2D eigenvalue weighted by Crippen LogP contribution is 2.21. The summed E-state index contributed by atoms with van der Waals surface area (Å²) in [5.41, 5.74) is 1.37. The molecule has 0 fully saturated rings. The Morgan fingerprint density at radius 1 is 1.14 bits per heavy atom. The van der Waals surface area contributed by atoms with Crippen LogP contribution in [0, 0.1) is 0 Å². The normalized spacial score (nSPS) is 9.95. The minimum absolute atomic E-state index is 0.100. The molecule has 0 unspecified atom stereocenters. The van der Waals surface area contributed by atoms with Crippen LogP contribution >= 0.6 is 12.6 Å². The molecule has 0 radical (unpaired) electrons. The molecular formula is C15H13NO4S. The molecule has 6 heteroatoms. The van der Waals surface area contributed by atoms with E-state index in [1.165, 1.54) is 18.2 Å². The van der Waals surface area contributed by atoms with Gasteiger partial charge in [-0.3, -0.25) is 5.32 Å². The van der Waals surface area contributed by atoms with Crippen LogP contribution in [0.5, 0.6) is 0 Å². The summed E-state index contributed by atoms with van der Waals surface area (Å²) in [6.07, 6.45) is -0.628. The topological polar surface area (TPSA) is 75.6 Å². The Hall–Kier alpha value is -2.47. The van der Waals surface area contributed by atoms with Gasteiger partial charge in [-0.15, -0.1) is 12.6 Å². The smallest absolute Gasteiger partial charge is 0.411 e. The zero-order chi connectivity index (χ0) is 15.2. The highest BCUT2D eigenvalue weighted by molar-refractivity contribution is 7.80. The third-order valence-electron chi connectivity index (χ3n) is 2.69. The number of carboxylic acids is 1. The number of hydrogen-bond donors (Lipinski definition) is 3. The van der Waals surface area contributed by atoms with E-state index < -0.39 is 12.1 Å². The fraction of sp³-hybridized carbons (Fsp3) is 0.0667. The summed E-state index contributed by atoms with van der Waals surface area (Å²) in [6.45, 7) is 0.155. The summed E-state index contributed by atoms with van der Waals surface area (Å²) in [6, 6.07) is 13.5. The van der Waals surface area contributed by atoms with Gasteiger partial charge in [-0.2, -0.15) is 0 Å². The molecule has 5 nitrogen and oxygen atoms in total. The second kappa shape index (κ2) is 6.81. The van der Waals surface area contributed by atoms with Crippen LogP contribution < -0.4 is 5.32 Å². The van der Waals surface area contributed by atoms with E-state index in [2.05, 4.69) is 17.9 Å². The van der Waals surface area contributed by atoms with E-state index in [1.807, 2.05) is 30.3 Å². The van der Waals surface area contributed by atoms with Gasteiger partial charge in [0.25, 0.3) is 0 Å². The van der Waals surface area contributed by atoms with Gasteiger partial charge in [0.2, 0.25) is 0 Å². The largest absolute Gasteiger partial charge is 0.478 e. The molecule has 0 heterocycles. The lowest BCUT2D eigenvalue weighted by Crippen LogP contribution is -2.14. The number of anilines is 1. The maximum atomic E-state index is 11.7. The van der Waals surface area contributed by atoms with Gasteiger partial charge < -0.3 is 9.84 Å². The Kier molecular flexibility index (Phi) is 4.84. The summed E-state index contributed by atoms with van der Waals surface area (Å²) in [4.78, 5) is 22.8. The van der Waals surface area contributed by atoms with Crippen molar-refractivity contribution >= 4 is 30.4 Å². The maximum absolute atomic E-state index is 11.7. The minimum atomic E-state index is -1.05. The molecule has 2 N–H and O–H groups in total. The maximum Gasteiger partial charge on any atom is 0.411 e. The summed E-state index contributed by atoms with van der Waals surface area (Å²) < 4.78 is 5.06. The molecule has 0 aliphatic rings. The van der Waals surface area contributed by atoms with Gasteiger partial charge in [0.1, 0.15) is 6.61 Å². The summed E-state index contributed by atoms with van der Waals surface area (Å²) in [5.74, 6) is -1.05. The van der Waals surface area contributed by atoms with E-state index >= 15 is 0 Å². The fourth-order valence-corrected chi connectivity index (χ4v) is 1.91. The van der Waals surface area contributed by atoms with E-state index in [0.29, 0.717) is 10.6 Å². The molecule has 0 aliphatic carbocycles. The number of aromatic carboxylic acids is 1. The van der Waals surface area contributed by atoms with E-state index in [0.717, 1.165) is 5.56 Å². The molecule has 0 saturated heterocycles. The van der Waals surface area contributed by atoms with Crippen LogP contribution in [-0.2, 0) is 11.3 Å². The van der Waals surface area contributed by atoms with Crippen molar-refractivity contribution in [2.24, 2.45) is 0 Å². The van der Waals surface area contributed by atoms with Gasteiger partial charge in [0, 0.05) is 4.90 Å². The third-order valence-corrected chi connectivity index (χ3v) is 3.06. The number of thiol groups is 1. The number of amides is 1. The van der Waals surface area contributed by atoms with Gasteiger partial charge >= 0.3 is 12.1 Å². The van der Waals surface area contributed by atoms with E-state index in [9.17, 15) is 9.59 Å². The van der Waals surface area contributed by atoms with Gasteiger partial charge in [-0.1, -0.05) is 30.3 Å². The Balaban J connectivity index is 1.95. The zero-order valence-electron chi connectivity index (χ0n) is 10.9. The van der Waals surface area contributed by atoms with Crippen LogP contribution in [0.2, 0.25) is 0 Å². The number of rotatable bonds is 4. The molecule has 0 aromatic heterocycles. The van der Waals surface area contributed by atoms with Gasteiger partial charge in [0.15, 0.2) is 0 Å². The van der Waals surface area contributed by atoms with E-state index in [-0.39, 0.29) is 12.2 Å². The molecule has 108 valence electrons. The number of benzene rings is 2. The lowest BCUT2D eigenvalue weighted by molar-refractivity contribution is 0.0696. The Labute approximate surface area is 127 Å². The predicted octanol–water partition coefficient (Wildman–Crippen LogP) is 3.42. The fourth-order valence-electron chi connectivity index (χ4n) is 1.64. The average molecular weight is 303 g/mol. The van der Waals surface area contributed by atoms with Crippen molar-refractivity contribution in [3.63, 3.8) is 0 Å². The first-order chi connectivity index (χ1) is 10.1. The molecular weight excluding hydrogens is 290 g/mol. The Morgan fingerprint density at radius 3 is 2.48 bits per heavy atom. The Morgan fingerprint density at radius 2 is 1.86 bits per heavy atom. The monoisotopic (exact) mass is 303 g/mol. The summed E-state index contributed by atoms with van der Waals surface area (Å²) in [5, 5.41) is 11.4. The molecule has 21 heavy (non-hydrogen) atoms. The van der Waals surface area contributed by atoms with Crippen LogP contribution in [-0.4, -0.2) is 17.2 Å². The summed E-state index contributed by atoms with van der Waals surface area (Å²) >= 11 is 4.14. The number of ether oxygens (including phenoxy) is 1. The van der Waals surface area contributed by atoms with E-state index in [4.69, 9.17) is 9.84 Å². The molecule has 0 bridgehead atoms. The number of carbonyl (C=O) groups excluding carboxylic acids is 1. The minimum Gasteiger partial charge on any atom is -0.478 e. The lowest BCUT2D eigenvalue weighted by Gasteiger charge is -2.09. The number of carbonyl (C=O) groups is 2. The van der Waals surface area contributed by atoms with Crippen molar-refractivity contribution in [2.45, 2.75) is 11.5 Å².